The summed E-state index contributed by atoms with van der Waals surface area (Å²) in [5.74, 6) is 0. The van der Waals surface area contributed by atoms with Crippen molar-refractivity contribution in [3.8, 4) is 0 Å². The standard InChI is InChI=1S/C17H15Br2N/c1-20-16-8-4-2-6-12(16)14(10-18)15(11-19)13-7-3-5-9-17(13)20/h2-9H,10-11H2,1H3. The van der Waals surface area contributed by atoms with E-state index in [4.69, 9.17) is 0 Å². The van der Waals surface area contributed by atoms with Crippen LogP contribution in [0.2, 0.25) is 0 Å². The van der Waals surface area contributed by atoms with Crippen molar-refractivity contribution in [3.05, 3.63) is 59.7 Å². The largest absolute Gasteiger partial charge is 0.344 e. The molecule has 3 rings (SSSR count). The molecule has 2 aromatic carbocycles. The third-order valence-corrected chi connectivity index (χ3v) is 4.93. The number of hydrogen-bond acceptors (Lipinski definition) is 1. The topological polar surface area (TPSA) is 3.24 Å². The van der Waals surface area contributed by atoms with Crippen LogP contribution in [-0.2, 0) is 0 Å². The Morgan fingerprint density at radius 2 is 1.15 bits per heavy atom. The van der Waals surface area contributed by atoms with Gasteiger partial charge in [0.25, 0.3) is 0 Å². The zero-order chi connectivity index (χ0) is 14.1. The van der Waals surface area contributed by atoms with Crippen LogP contribution < -0.4 is 4.90 Å². The van der Waals surface area contributed by atoms with E-state index in [1.807, 2.05) is 0 Å². The fraction of sp³-hybridized carbons (Fsp3) is 0.176. The fourth-order valence-electron chi connectivity index (χ4n) is 2.80. The molecule has 102 valence electrons. The molecular formula is C17H15Br2N. The summed E-state index contributed by atoms with van der Waals surface area (Å²) in [6, 6.07) is 17.2. The summed E-state index contributed by atoms with van der Waals surface area (Å²) >= 11 is 7.34. The van der Waals surface area contributed by atoms with Gasteiger partial charge in [0, 0.05) is 40.2 Å². The first-order chi connectivity index (χ1) is 9.77. The van der Waals surface area contributed by atoms with E-state index >= 15 is 0 Å². The Kier molecular flexibility index (Phi) is 3.99. The van der Waals surface area contributed by atoms with Crippen LogP contribution in [0.5, 0.6) is 0 Å². The van der Waals surface area contributed by atoms with Gasteiger partial charge in [-0.15, -0.1) is 0 Å². The summed E-state index contributed by atoms with van der Waals surface area (Å²) in [5.41, 5.74) is 7.83. The van der Waals surface area contributed by atoms with E-state index in [1.165, 1.54) is 33.6 Å². The molecule has 0 amide bonds. The Balaban J connectivity index is 2.40. The zero-order valence-corrected chi connectivity index (χ0v) is 14.4. The molecule has 1 aliphatic heterocycles. The highest BCUT2D eigenvalue weighted by molar-refractivity contribution is 9.09. The van der Waals surface area contributed by atoms with Gasteiger partial charge in [-0.05, 0) is 23.3 Å². The van der Waals surface area contributed by atoms with E-state index in [-0.39, 0.29) is 0 Å². The molecule has 20 heavy (non-hydrogen) atoms. The molecule has 0 spiro atoms. The van der Waals surface area contributed by atoms with Gasteiger partial charge in [0.2, 0.25) is 0 Å². The number of allylic oxidation sites excluding steroid dienone is 2. The molecule has 1 aliphatic rings. The van der Waals surface area contributed by atoms with Crippen LogP contribution >= 0.6 is 31.9 Å². The van der Waals surface area contributed by atoms with E-state index in [1.54, 1.807) is 0 Å². The van der Waals surface area contributed by atoms with E-state index in [0.29, 0.717) is 0 Å². The molecule has 0 saturated heterocycles. The number of hydrogen-bond donors (Lipinski definition) is 0. The van der Waals surface area contributed by atoms with Gasteiger partial charge in [-0.1, -0.05) is 68.3 Å². The Morgan fingerprint density at radius 1 is 0.750 bits per heavy atom. The van der Waals surface area contributed by atoms with E-state index in [2.05, 4.69) is 92.3 Å². The predicted octanol–water partition coefficient (Wildman–Crippen LogP) is 5.47. The minimum absolute atomic E-state index is 0.854. The molecule has 0 radical (unpaired) electrons. The monoisotopic (exact) mass is 391 g/mol. The average Bonchev–Trinajstić information content (AvgIpc) is 2.61. The average molecular weight is 393 g/mol. The lowest BCUT2D eigenvalue weighted by molar-refractivity contribution is 1.20. The first kappa shape index (κ1) is 13.9. The summed E-state index contributed by atoms with van der Waals surface area (Å²) in [6.45, 7) is 0. The number of para-hydroxylation sites is 2. The van der Waals surface area contributed by atoms with E-state index in [0.717, 1.165) is 10.7 Å². The van der Waals surface area contributed by atoms with Crippen LogP contribution in [0.4, 0.5) is 11.4 Å². The minimum atomic E-state index is 0.854. The molecule has 0 bridgehead atoms. The molecule has 0 N–H and O–H groups in total. The van der Waals surface area contributed by atoms with Crippen molar-refractivity contribution in [2.45, 2.75) is 0 Å². The Labute approximate surface area is 136 Å². The normalized spacial score (nSPS) is 13.8. The van der Waals surface area contributed by atoms with Crippen LogP contribution in [0.3, 0.4) is 0 Å². The summed E-state index contributed by atoms with van der Waals surface area (Å²) < 4.78 is 0. The van der Waals surface area contributed by atoms with Crippen molar-refractivity contribution in [2.24, 2.45) is 0 Å². The van der Waals surface area contributed by atoms with Crippen molar-refractivity contribution >= 4 is 54.4 Å². The maximum absolute atomic E-state index is 3.67. The van der Waals surface area contributed by atoms with Gasteiger partial charge < -0.3 is 4.90 Å². The predicted molar refractivity (Wildman–Crippen MR) is 95.3 cm³/mol. The van der Waals surface area contributed by atoms with Crippen LogP contribution in [0.25, 0.3) is 11.1 Å². The second kappa shape index (κ2) is 5.74. The lowest BCUT2D eigenvalue weighted by Crippen LogP contribution is -2.11. The molecule has 0 saturated carbocycles. The smallest absolute Gasteiger partial charge is 0.0485 e. The number of anilines is 2. The molecule has 3 heteroatoms. The van der Waals surface area contributed by atoms with Gasteiger partial charge in [0.1, 0.15) is 0 Å². The summed E-state index contributed by atoms with van der Waals surface area (Å²) in [5, 5.41) is 1.71. The molecule has 1 nitrogen and oxygen atoms in total. The van der Waals surface area contributed by atoms with Crippen LogP contribution in [-0.4, -0.2) is 17.7 Å². The molecule has 0 aliphatic carbocycles. The molecule has 2 aromatic rings. The van der Waals surface area contributed by atoms with Crippen molar-refractivity contribution < 1.29 is 0 Å². The maximum atomic E-state index is 3.67. The minimum Gasteiger partial charge on any atom is -0.344 e. The van der Waals surface area contributed by atoms with Crippen molar-refractivity contribution in [1.29, 1.82) is 0 Å². The van der Waals surface area contributed by atoms with Gasteiger partial charge in [-0.25, -0.2) is 0 Å². The van der Waals surface area contributed by atoms with E-state index in [9.17, 15) is 0 Å². The first-order valence-corrected chi connectivity index (χ1v) is 8.78. The highest BCUT2D eigenvalue weighted by atomic mass is 79.9. The zero-order valence-electron chi connectivity index (χ0n) is 11.2. The van der Waals surface area contributed by atoms with Crippen LogP contribution in [0.15, 0.2) is 48.5 Å². The van der Waals surface area contributed by atoms with Crippen LogP contribution in [0, 0.1) is 0 Å². The fourth-order valence-corrected chi connectivity index (χ4v) is 4.08. The first-order valence-electron chi connectivity index (χ1n) is 6.54. The van der Waals surface area contributed by atoms with Gasteiger partial charge in [0.15, 0.2) is 0 Å². The number of fused-ring (bicyclic) bond motifs is 2. The molecular weight excluding hydrogens is 378 g/mol. The number of halogens is 2. The third kappa shape index (κ3) is 2.13. The Hall–Kier alpha value is -1.06. The lowest BCUT2D eigenvalue weighted by Gasteiger charge is -2.22. The summed E-state index contributed by atoms with van der Waals surface area (Å²) in [6.07, 6.45) is 0. The van der Waals surface area contributed by atoms with E-state index < -0.39 is 0 Å². The molecule has 0 aromatic heterocycles. The number of benzene rings is 2. The Morgan fingerprint density at radius 3 is 1.55 bits per heavy atom. The van der Waals surface area contributed by atoms with Crippen molar-refractivity contribution in [2.75, 3.05) is 22.6 Å². The summed E-state index contributed by atoms with van der Waals surface area (Å²) in [7, 11) is 2.14. The van der Waals surface area contributed by atoms with Gasteiger partial charge >= 0.3 is 0 Å². The number of alkyl halides is 2. The third-order valence-electron chi connectivity index (χ3n) is 3.81. The lowest BCUT2D eigenvalue weighted by atomic mass is 9.97. The second-order valence-electron chi connectivity index (χ2n) is 4.82. The maximum Gasteiger partial charge on any atom is 0.0485 e. The highest BCUT2D eigenvalue weighted by Crippen LogP contribution is 2.43. The molecule has 1 heterocycles. The molecule has 0 atom stereocenters. The van der Waals surface area contributed by atoms with Gasteiger partial charge in [0.05, 0.1) is 0 Å². The molecule has 0 unspecified atom stereocenters. The van der Waals surface area contributed by atoms with Gasteiger partial charge in [-0.3, -0.25) is 0 Å². The SMILES string of the molecule is CN1c2ccccc2C(CBr)=C(CBr)c2ccccc21. The van der Waals surface area contributed by atoms with Crippen LogP contribution in [0.1, 0.15) is 11.1 Å². The van der Waals surface area contributed by atoms with Crippen molar-refractivity contribution in [3.63, 3.8) is 0 Å². The quantitative estimate of drug-likeness (QED) is 0.612. The summed E-state index contributed by atoms with van der Waals surface area (Å²) in [4.78, 5) is 2.28. The second-order valence-corrected chi connectivity index (χ2v) is 5.94. The van der Waals surface area contributed by atoms with Gasteiger partial charge in [-0.2, -0.15) is 0 Å². The number of nitrogens with zero attached hydrogens (tertiary/aromatic N) is 1. The number of rotatable bonds is 2. The Bertz CT molecular complexity index is 619. The van der Waals surface area contributed by atoms with Crippen molar-refractivity contribution in [1.82, 2.24) is 0 Å². The highest BCUT2D eigenvalue weighted by Gasteiger charge is 2.22. The molecule has 0 fully saturated rings.